The molecule has 13 heavy (non-hydrogen) atoms. The summed E-state index contributed by atoms with van der Waals surface area (Å²) in [5.41, 5.74) is 7.92. The minimum atomic E-state index is -0.565. The first-order chi connectivity index (χ1) is 6.25. The molecule has 0 saturated carbocycles. The Morgan fingerprint density at radius 1 is 1.85 bits per heavy atom. The van der Waals surface area contributed by atoms with E-state index in [4.69, 9.17) is 5.73 Å². The van der Waals surface area contributed by atoms with Gasteiger partial charge in [-0.3, -0.25) is 0 Å². The van der Waals surface area contributed by atoms with Crippen molar-refractivity contribution in [2.75, 3.05) is 11.6 Å². The van der Waals surface area contributed by atoms with Crippen LogP contribution < -0.4 is 16.2 Å². The fourth-order valence-electron chi connectivity index (χ4n) is 0.898. The van der Waals surface area contributed by atoms with E-state index in [0.717, 1.165) is 0 Å². The third-order valence-corrected chi connectivity index (χ3v) is 1.44. The van der Waals surface area contributed by atoms with Crippen molar-refractivity contribution < 1.29 is 4.79 Å². The molecule has 0 bridgehead atoms. The number of aromatic nitrogens is 1. The molecule has 0 aliphatic rings. The predicted molar refractivity (Wildman–Crippen MR) is 51.1 cm³/mol. The van der Waals surface area contributed by atoms with Gasteiger partial charge < -0.3 is 10.7 Å². The number of rotatable bonds is 4. The van der Waals surface area contributed by atoms with Crippen molar-refractivity contribution in [1.29, 1.82) is 0 Å². The van der Waals surface area contributed by atoms with Gasteiger partial charge in [0.25, 0.3) is 0 Å². The first-order valence-electron chi connectivity index (χ1n) is 3.83. The van der Waals surface area contributed by atoms with E-state index in [0.29, 0.717) is 12.4 Å². The summed E-state index contributed by atoms with van der Waals surface area (Å²) < 4.78 is 0. The van der Waals surface area contributed by atoms with Crippen LogP contribution in [0.2, 0.25) is 0 Å². The molecule has 0 fully saturated rings. The molecule has 0 aliphatic heterocycles. The summed E-state index contributed by atoms with van der Waals surface area (Å²) in [6.07, 6.45) is 3.35. The number of nitrogens with two attached hydrogens (primary N) is 1. The Balaban J connectivity index is 2.68. The minimum Gasteiger partial charge on any atom is -0.350 e. The molecule has 0 aliphatic carbocycles. The zero-order chi connectivity index (χ0) is 9.68. The highest BCUT2D eigenvalue weighted by Gasteiger charge is 2.10. The number of hydrogen-bond acceptors (Lipinski definition) is 2. The van der Waals surface area contributed by atoms with E-state index >= 15 is 0 Å². The number of carbonyl (C=O) groups excluding carboxylic acids is 1. The van der Waals surface area contributed by atoms with Crippen LogP contribution >= 0.6 is 0 Å². The van der Waals surface area contributed by atoms with Crippen molar-refractivity contribution in [2.24, 2.45) is 5.73 Å². The quantitative estimate of drug-likeness (QED) is 0.468. The van der Waals surface area contributed by atoms with E-state index in [2.05, 4.69) is 17.0 Å². The maximum Gasteiger partial charge on any atom is 0.335 e. The van der Waals surface area contributed by atoms with Crippen LogP contribution in [0.3, 0.4) is 0 Å². The third kappa shape index (κ3) is 2.34. The van der Waals surface area contributed by atoms with Gasteiger partial charge in [-0.1, -0.05) is 6.08 Å². The van der Waals surface area contributed by atoms with Crippen LogP contribution in [0.4, 0.5) is 10.6 Å². The van der Waals surface area contributed by atoms with Crippen molar-refractivity contribution in [1.82, 2.24) is 10.4 Å². The van der Waals surface area contributed by atoms with Gasteiger partial charge in [0.1, 0.15) is 5.82 Å². The maximum absolute atomic E-state index is 10.9. The van der Waals surface area contributed by atoms with Crippen molar-refractivity contribution in [2.45, 2.75) is 0 Å². The molecule has 2 amide bonds. The molecule has 0 atom stereocenters. The lowest BCUT2D eigenvalue weighted by atomic mass is 10.6. The van der Waals surface area contributed by atoms with Crippen LogP contribution in [0.25, 0.3) is 0 Å². The number of H-pyrrole nitrogens is 1. The lowest BCUT2D eigenvalue weighted by molar-refractivity contribution is 0.251. The highest BCUT2D eigenvalue weighted by atomic mass is 16.2. The summed E-state index contributed by atoms with van der Waals surface area (Å²) in [5.74, 6) is 0.606. The number of nitrogens with zero attached hydrogens (tertiary/aromatic N) is 1. The van der Waals surface area contributed by atoms with E-state index in [-0.39, 0.29) is 0 Å². The van der Waals surface area contributed by atoms with Gasteiger partial charge in [0.2, 0.25) is 0 Å². The number of carbonyl (C=O) groups is 1. The number of amides is 2. The molecular formula is C8H12N4O. The normalized spacial score (nSPS) is 9.54. The molecule has 0 spiro atoms. The highest BCUT2D eigenvalue weighted by molar-refractivity contribution is 5.88. The molecule has 1 aromatic rings. The van der Waals surface area contributed by atoms with Gasteiger partial charge in [0, 0.05) is 12.7 Å². The zero-order valence-corrected chi connectivity index (χ0v) is 7.16. The Hall–Kier alpha value is -1.75. The standard InChI is InChI=1S/C8H12N4O/c1-2-5-11-12(8(9)13)7-4-3-6-10-7/h2-4,6,10-11H,1,5H2,(H2,9,13). The fourth-order valence-corrected chi connectivity index (χ4v) is 0.898. The molecule has 4 N–H and O–H groups in total. The molecule has 5 nitrogen and oxygen atoms in total. The van der Waals surface area contributed by atoms with Crippen LogP contribution in [0.5, 0.6) is 0 Å². The number of hydrogen-bond donors (Lipinski definition) is 3. The van der Waals surface area contributed by atoms with Gasteiger partial charge in [-0.25, -0.2) is 15.2 Å². The van der Waals surface area contributed by atoms with Gasteiger partial charge in [-0.2, -0.15) is 0 Å². The minimum absolute atomic E-state index is 0.474. The monoisotopic (exact) mass is 180 g/mol. The summed E-state index contributed by atoms with van der Waals surface area (Å²) in [6.45, 7) is 4.00. The van der Waals surface area contributed by atoms with Crippen molar-refractivity contribution in [3.63, 3.8) is 0 Å². The number of anilines is 1. The Morgan fingerprint density at radius 2 is 2.62 bits per heavy atom. The zero-order valence-electron chi connectivity index (χ0n) is 7.16. The smallest absolute Gasteiger partial charge is 0.335 e. The Bertz CT molecular complexity index is 280. The van der Waals surface area contributed by atoms with E-state index < -0.39 is 6.03 Å². The van der Waals surface area contributed by atoms with Gasteiger partial charge in [0.15, 0.2) is 0 Å². The number of nitrogens with one attached hydrogen (secondary N) is 2. The van der Waals surface area contributed by atoms with Gasteiger partial charge in [-0.05, 0) is 12.1 Å². The third-order valence-electron chi connectivity index (χ3n) is 1.44. The summed E-state index contributed by atoms with van der Waals surface area (Å²) in [4.78, 5) is 13.8. The number of aromatic amines is 1. The molecule has 1 rings (SSSR count). The molecule has 5 heteroatoms. The topological polar surface area (TPSA) is 74.2 Å². The lowest BCUT2D eigenvalue weighted by Gasteiger charge is -2.18. The average Bonchev–Trinajstić information content (AvgIpc) is 2.57. The molecule has 0 aromatic carbocycles. The second-order valence-corrected chi connectivity index (χ2v) is 2.38. The molecule has 0 unspecified atom stereocenters. The molecule has 0 saturated heterocycles. The Morgan fingerprint density at radius 3 is 3.08 bits per heavy atom. The second kappa shape index (κ2) is 4.32. The average molecular weight is 180 g/mol. The number of primary amides is 1. The van der Waals surface area contributed by atoms with Gasteiger partial charge in [0.05, 0.1) is 0 Å². The lowest BCUT2D eigenvalue weighted by Crippen LogP contribution is -2.46. The van der Waals surface area contributed by atoms with Gasteiger partial charge >= 0.3 is 6.03 Å². The largest absolute Gasteiger partial charge is 0.350 e. The first-order valence-corrected chi connectivity index (χ1v) is 3.83. The van der Waals surface area contributed by atoms with Crippen LogP contribution in [0.15, 0.2) is 31.0 Å². The molecule has 1 aromatic heterocycles. The molecular weight excluding hydrogens is 168 g/mol. The molecule has 70 valence electrons. The second-order valence-electron chi connectivity index (χ2n) is 2.38. The van der Waals surface area contributed by atoms with Gasteiger partial charge in [-0.15, -0.1) is 6.58 Å². The highest BCUT2D eigenvalue weighted by Crippen LogP contribution is 2.06. The Labute approximate surface area is 76.2 Å². The Kier molecular flexibility index (Phi) is 3.10. The van der Waals surface area contributed by atoms with Crippen molar-refractivity contribution >= 4 is 11.8 Å². The van der Waals surface area contributed by atoms with Crippen LogP contribution in [0.1, 0.15) is 0 Å². The summed E-state index contributed by atoms with van der Waals surface area (Å²) in [6, 6.07) is 2.95. The molecule has 1 heterocycles. The summed E-state index contributed by atoms with van der Waals surface area (Å²) >= 11 is 0. The van der Waals surface area contributed by atoms with Crippen LogP contribution in [-0.2, 0) is 0 Å². The summed E-state index contributed by atoms with van der Waals surface area (Å²) in [5, 5.41) is 1.22. The van der Waals surface area contributed by atoms with Crippen molar-refractivity contribution in [3.8, 4) is 0 Å². The van der Waals surface area contributed by atoms with E-state index in [1.54, 1.807) is 24.4 Å². The molecule has 0 radical (unpaired) electrons. The van der Waals surface area contributed by atoms with Crippen LogP contribution in [-0.4, -0.2) is 17.6 Å². The number of urea groups is 1. The van der Waals surface area contributed by atoms with Crippen molar-refractivity contribution in [3.05, 3.63) is 31.0 Å². The van der Waals surface area contributed by atoms with E-state index in [9.17, 15) is 4.79 Å². The van der Waals surface area contributed by atoms with E-state index in [1.165, 1.54) is 5.01 Å². The van der Waals surface area contributed by atoms with E-state index in [1.807, 2.05) is 0 Å². The fraction of sp³-hybridized carbons (Fsp3) is 0.125. The predicted octanol–water partition coefficient (Wildman–Crippen LogP) is 0.590. The summed E-state index contributed by atoms with van der Waals surface area (Å²) in [7, 11) is 0. The van der Waals surface area contributed by atoms with Crippen LogP contribution in [0, 0.1) is 0 Å². The number of hydrazine groups is 1. The maximum atomic E-state index is 10.9. The first kappa shape index (κ1) is 9.34. The SMILES string of the molecule is C=CCNN(C(N)=O)c1ccc[nH]1.